The number of nitrogens with zero attached hydrogens (tertiary/aromatic N) is 1. The number of benzene rings is 1. The first-order valence-corrected chi connectivity index (χ1v) is 10.2. The second-order valence-electron chi connectivity index (χ2n) is 6.87. The fourth-order valence-corrected chi connectivity index (χ4v) is 4.32. The number of morpholine rings is 1. The van der Waals surface area contributed by atoms with E-state index in [0.29, 0.717) is 13.2 Å². The highest BCUT2D eigenvalue weighted by atomic mass is 32.1. The molecule has 26 heavy (non-hydrogen) atoms. The molecule has 1 aliphatic heterocycles. The monoisotopic (exact) mass is 372 g/mol. The van der Waals surface area contributed by atoms with E-state index in [1.807, 2.05) is 12.1 Å². The largest absolute Gasteiger partial charge is 0.374 e. The van der Waals surface area contributed by atoms with E-state index in [9.17, 15) is 4.79 Å². The minimum Gasteiger partial charge on any atom is -0.374 e. The van der Waals surface area contributed by atoms with Crippen LogP contribution in [0.25, 0.3) is 0 Å². The Hall–Kier alpha value is -1.69. The highest BCUT2D eigenvalue weighted by molar-refractivity contribution is 7.14. The minimum atomic E-state index is 0.0178. The van der Waals surface area contributed by atoms with E-state index < -0.39 is 0 Å². The molecule has 3 rings (SSSR count). The molecule has 0 aliphatic carbocycles. The molecular formula is C21H28N2O2S. The average Bonchev–Trinajstić information content (AvgIpc) is 3.02. The third kappa shape index (κ3) is 5.16. The second kappa shape index (κ2) is 9.31. The van der Waals surface area contributed by atoms with Crippen molar-refractivity contribution in [1.82, 2.24) is 10.2 Å². The Morgan fingerprint density at radius 1 is 1.35 bits per heavy atom. The topological polar surface area (TPSA) is 41.6 Å². The fourth-order valence-electron chi connectivity index (χ4n) is 3.33. The molecule has 140 valence electrons. The Bertz CT molecular complexity index is 714. The summed E-state index contributed by atoms with van der Waals surface area (Å²) in [7, 11) is 0. The van der Waals surface area contributed by atoms with Crippen molar-refractivity contribution in [2.75, 3.05) is 26.2 Å². The van der Waals surface area contributed by atoms with Crippen molar-refractivity contribution in [2.24, 2.45) is 0 Å². The van der Waals surface area contributed by atoms with Crippen LogP contribution in [-0.2, 0) is 17.7 Å². The number of hydrogen-bond acceptors (Lipinski definition) is 4. The average molecular weight is 373 g/mol. The third-order valence-corrected chi connectivity index (χ3v) is 5.82. The Kier molecular flexibility index (Phi) is 6.83. The minimum absolute atomic E-state index is 0.0178. The summed E-state index contributed by atoms with van der Waals surface area (Å²) in [5.74, 6) is 0.0178. The summed E-state index contributed by atoms with van der Waals surface area (Å²) in [6.45, 7) is 8.25. The highest BCUT2D eigenvalue weighted by Crippen LogP contribution is 2.22. The normalized spacial score (nSPS) is 18.0. The van der Waals surface area contributed by atoms with Gasteiger partial charge in [-0.1, -0.05) is 43.7 Å². The molecule has 0 bridgehead atoms. The molecule has 0 radical (unpaired) electrons. The maximum atomic E-state index is 12.5. The van der Waals surface area contributed by atoms with Crippen LogP contribution >= 0.6 is 11.3 Å². The molecule has 1 aromatic heterocycles. The Morgan fingerprint density at radius 2 is 2.15 bits per heavy atom. The first kappa shape index (κ1) is 19.1. The molecule has 4 nitrogen and oxygen atoms in total. The van der Waals surface area contributed by atoms with Crippen molar-refractivity contribution in [2.45, 2.75) is 39.3 Å². The Morgan fingerprint density at radius 3 is 2.92 bits per heavy atom. The van der Waals surface area contributed by atoms with Crippen molar-refractivity contribution < 1.29 is 9.53 Å². The lowest BCUT2D eigenvalue weighted by molar-refractivity contribution is -0.0292. The van der Waals surface area contributed by atoms with E-state index in [1.165, 1.54) is 16.0 Å². The van der Waals surface area contributed by atoms with E-state index >= 15 is 0 Å². The second-order valence-corrected chi connectivity index (χ2v) is 8.12. The lowest BCUT2D eigenvalue weighted by atomic mass is 10.1. The zero-order valence-electron chi connectivity index (χ0n) is 15.7. The van der Waals surface area contributed by atoms with Gasteiger partial charge in [0, 0.05) is 31.1 Å². The number of ether oxygens (including phenoxy) is 1. The maximum absolute atomic E-state index is 12.5. The van der Waals surface area contributed by atoms with Gasteiger partial charge < -0.3 is 10.1 Å². The number of carbonyl (C=O) groups excluding carboxylic acids is 1. The van der Waals surface area contributed by atoms with Gasteiger partial charge >= 0.3 is 0 Å². The molecule has 2 aromatic rings. The zero-order chi connectivity index (χ0) is 18.4. The smallest absolute Gasteiger partial charge is 0.261 e. The van der Waals surface area contributed by atoms with Crippen molar-refractivity contribution in [3.63, 3.8) is 0 Å². The molecule has 1 atom stereocenters. The molecule has 1 fully saturated rings. The molecule has 1 amide bonds. The third-order valence-electron chi connectivity index (χ3n) is 4.73. The molecule has 1 saturated heterocycles. The van der Waals surface area contributed by atoms with Crippen LogP contribution in [0.2, 0.25) is 0 Å². The SMILES string of the molecule is CCCc1cc(C(=O)NCC2CN(Cc3ccccc3)CCO2)sc1C. The van der Waals surface area contributed by atoms with Gasteiger partial charge in [-0.2, -0.15) is 0 Å². The number of hydrogen-bond donors (Lipinski definition) is 1. The summed E-state index contributed by atoms with van der Waals surface area (Å²) in [6, 6.07) is 12.5. The van der Waals surface area contributed by atoms with Gasteiger partial charge in [0.2, 0.25) is 0 Å². The van der Waals surface area contributed by atoms with Crippen LogP contribution in [0.4, 0.5) is 0 Å². The summed E-state index contributed by atoms with van der Waals surface area (Å²) in [5, 5.41) is 3.06. The number of rotatable bonds is 7. The van der Waals surface area contributed by atoms with Crippen LogP contribution in [0.3, 0.4) is 0 Å². The van der Waals surface area contributed by atoms with Crippen molar-refractivity contribution in [1.29, 1.82) is 0 Å². The number of thiophene rings is 1. The van der Waals surface area contributed by atoms with Crippen molar-refractivity contribution in [3.05, 3.63) is 57.3 Å². The van der Waals surface area contributed by atoms with Crippen molar-refractivity contribution >= 4 is 17.2 Å². The number of carbonyl (C=O) groups is 1. The fraction of sp³-hybridized carbons (Fsp3) is 0.476. The summed E-state index contributed by atoms with van der Waals surface area (Å²) in [5.41, 5.74) is 2.61. The number of nitrogens with one attached hydrogen (secondary N) is 1. The van der Waals surface area contributed by atoms with E-state index in [1.54, 1.807) is 11.3 Å². The summed E-state index contributed by atoms with van der Waals surface area (Å²) in [4.78, 5) is 16.9. The molecular weight excluding hydrogens is 344 g/mol. The molecule has 1 N–H and O–H groups in total. The van der Waals surface area contributed by atoms with Gasteiger partial charge in [-0.15, -0.1) is 11.3 Å². The van der Waals surface area contributed by atoms with Crippen molar-refractivity contribution in [3.8, 4) is 0 Å². The Balaban J connectivity index is 1.49. The van der Waals surface area contributed by atoms with Crippen LogP contribution < -0.4 is 5.32 Å². The van der Waals surface area contributed by atoms with Crippen LogP contribution in [-0.4, -0.2) is 43.2 Å². The van der Waals surface area contributed by atoms with E-state index in [0.717, 1.165) is 37.4 Å². The molecule has 1 unspecified atom stereocenters. The summed E-state index contributed by atoms with van der Waals surface area (Å²) >= 11 is 1.59. The number of aryl methyl sites for hydroxylation is 2. The lowest BCUT2D eigenvalue weighted by Crippen LogP contribution is -2.47. The van der Waals surface area contributed by atoms with E-state index in [4.69, 9.17) is 4.74 Å². The lowest BCUT2D eigenvalue weighted by Gasteiger charge is -2.33. The summed E-state index contributed by atoms with van der Waals surface area (Å²) in [6.07, 6.45) is 2.19. The first-order chi connectivity index (χ1) is 12.7. The van der Waals surface area contributed by atoms with E-state index in [-0.39, 0.29) is 12.0 Å². The van der Waals surface area contributed by atoms with Gasteiger partial charge in [0.15, 0.2) is 0 Å². The van der Waals surface area contributed by atoms with Crippen LogP contribution in [0.1, 0.15) is 39.0 Å². The summed E-state index contributed by atoms with van der Waals surface area (Å²) < 4.78 is 5.85. The van der Waals surface area contributed by atoms with Crippen LogP contribution in [0.15, 0.2) is 36.4 Å². The van der Waals surface area contributed by atoms with Gasteiger partial charge in [0.25, 0.3) is 5.91 Å². The molecule has 2 heterocycles. The molecule has 1 aromatic carbocycles. The Labute approximate surface area is 160 Å². The maximum Gasteiger partial charge on any atom is 0.261 e. The van der Waals surface area contributed by atoms with Gasteiger partial charge in [0.05, 0.1) is 17.6 Å². The van der Waals surface area contributed by atoms with Crippen LogP contribution in [0.5, 0.6) is 0 Å². The molecule has 0 spiro atoms. The van der Waals surface area contributed by atoms with Crippen LogP contribution in [0, 0.1) is 6.92 Å². The first-order valence-electron chi connectivity index (χ1n) is 9.41. The highest BCUT2D eigenvalue weighted by Gasteiger charge is 2.21. The quantitative estimate of drug-likeness (QED) is 0.807. The predicted molar refractivity (Wildman–Crippen MR) is 107 cm³/mol. The van der Waals surface area contributed by atoms with E-state index in [2.05, 4.69) is 48.3 Å². The predicted octanol–water partition coefficient (Wildman–Crippen LogP) is 3.64. The standard InChI is InChI=1S/C21H28N2O2S/c1-3-7-18-12-20(26-16(18)2)21(24)22-13-19-15-23(10-11-25-19)14-17-8-5-4-6-9-17/h4-6,8-9,12,19H,3,7,10-11,13-15H2,1-2H3,(H,22,24). The number of amides is 1. The molecule has 5 heteroatoms. The van der Waals surface area contributed by atoms with Gasteiger partial charge in [-0.3, -0.25) is 9.69 Å². The van der Waals surface area contributed by atoms with Gasteiger partial charge in [0.1, 0.15) is 0 Å². The zero-order valence-corrected chi connectivity index (χ0v) is 16.5. The van der Waals surface area contributed by atoms with Gasteiger partial charge in [-0.25, -0.2) is 0 Å². The molecule has 0 saturated carbocycles. The van der Waals surface area contributed by atoms with Gasteiger partial charge in [-0.05, 0) is 30.5 Å². The molecule has 1 aliphatic rings.